The molecule has 15 heteroatoms. The lowest BCUT2D eigenvalue weighted by Crippen LogP contribution is -2.34. The standard InChI is InChI=1S/C17H16F5N3O5S.C2H6O/c1-28-11-5-3-4-10(13(11)17(20,21)30-22)9-31(27)25(8-12(18)19)15-14(16(26)29-2)23-6-7-24-15;1-3-2/h3-7,12H,8-9H2,1-2H3;1-2H3. The number of rotatable bonds is 10. The van der Waals surface area contributed by atoms with Crippen LogP contribution in [0.4, 0.5) is 27.9 Å². The molecule has 1 unspecified atom stereocenters. The molecule has 0 saturated heterocycles. The second-order valence-electron chi connectivity index (χ2n) is 6.13. The second kappa shape index (κ2) is 13.7. The number of nitrogens with zero attached hydrogens (tertiary/aromatic N) is 3. The molecule has 2 rings (SSSR count). The van der Waals surface area contributed by atoms with Gasteiger partial charge in [0, 0.05) is 26.6 Å². The van der Waals surface area contributed by atoms with Crippen LogP contribution in [0, 0.1) is 0 Å². The van der Waals surface area contributed by atoms with E-state index < -0.39 is 70.2 Å². The van der Waals surface area contributed by atoms with Gasteiger partial charge in [0.05, 0.1) is 32.1 Å². The molecular formula is C19H22F5N3O6S. The van der Waals surface area contributed by atoms with Crippen LogP contribution >= 0.6 is 0 Å². The normalized spacial score (nSPS) is 11.9. The van der Waals surface area contributed by atoms with Crippen molar-refractivity contribution in [2.45, 2.75) is 18.3 Å². The van der Waals surface area contributed by atoms with Crippen LogP contribution in [0.5, 0.6) is 5.75 Å². The number of halogens is 5. The quantitative estimate of drug-likeness (QED) is 0.351. The zero-order chi connectivity index (χ0) is 25.9. The average Bonchev–Trinajstić information content (AvgIpc) is 2.82. The van der Waals surface area contributed by atoms with E-state index >= 15 is 0 Å². The molecule has 0 bridgehead atoms. The number of alkyl halides is 4. The van der Waals surface area contributed by atoms with E-state index in [1.807, 2.05) is 0 Å². The van der Waals surface area contributed by atoms with Gasteiger partial charge in [-0.1, -0.05) is 12.1 Å². The predicted molar refractivity (Wildman–Crippen MR) is 111 cm³/mol. The fraction of sp³-hybridized carbons (Fsp3) is 0.421. The van der Waals surface area contributed by atoms with Crippen LogP contribution in [0.2, 0.25) is 0 Å². The summed E-state index contributed by atoms with van der Waals surface area (Å²) in [4.78, 5) is 22.1. The Bertz CT molecular complexity index is 970. The van der Waals surface area contributed by atoms with E-state index in [0.717, 1.165) is 38.7 Å². The van der Waals surface area contributed by atoms with Crippen molar-refractivity contribution in [2.75, 3.05) is 39.3 Å². The van der Waals surface area contributed by atoms with Gasteiger partial charge in [0.1, 0.15) is 16.7 Å². The fourth-order valence-electron chi connectivity index (χ4n) is 2.59. The minimum Gasteiger partial charge on any atom is -0.496 e. The Morgan fingerprint density at radius 1 is 1.15 bits per heavy atom. The molecule has 0 N–H and O–H groups in total. The summed E-state index contributed by atoms with van der Waals surface area (Å²) < 4.78 is 93.9. The third-order valence-electron chi connectivity index (χ3n) is 3.84. The molecule has 1 atom stereocenters. The first-order chi connectivity index (χ1) is 16.1. The summed E-state index contributed by atoms with van der Waals surface area (Å²) >= 11 is 0. The molecular weight excluding hydrogens is 493 g/mol. The summed E-state index contributed by atoms with van der Waals surface area (Å²) in [6.07, 6.45) is -5.38. The Labute approximate surface area is 194 Å². The van der Waals surface area contributed by atoms with Gasteiger partial charge in [0.25, 0.3) is 6.43 Å². The Balaban J connectivity index is 0.00000182. The summed E-state index contributed by atoms with van der Waals surface area (Å²) in [5, 5.41) is 0. The summed E-state index contributed by atoms with van der Waals surface area (Å²) in [7, 11) is 2.81. The van der Waals surface area contributed by atoms with E-state index in [4.69, 9.17) is 4.74 Å². The molecule has 2 aromatic rings. The number of ether oxygens (including phenoxy) is 3. The number of anilines is 1. The first-order valence-corrected chi connectivity index (χ1v) is 10.4. The van der Waals surface area contributed by atoms with Gasteiger partial charge in [0.2, 0.25) is 0 Å². The van der Waals surface area contributed by atoms with E-state index in [2.05, 4.69) is 24.4 Å². The predicted octanol–water partition coefficient (Wildman–Crippen LogP) is 3.42. The maximum atomic E-state index is 14.0. The Kier molecular flexibility index (Phi) is 11.7. The summed E-state index contributed by atoms with van der Waals surface area (Å²) in [6.45, 7) is -1.18. The van der Waals surface area contributed by atoms with E-state index in [-0.39, 0.29) is 0 Å². The van der Waals surface area contributed by atoms with E-state index in [0.29, 0.717) is 4.31 Å². The SMILES string of the molecule is COC.COC(=O)c1nccnc1N(CC(F)F)S(=O)Cc1cccc(OC)c1C(F)(F)OF. The minimum absolute atomic E-state index is 0.414. The molecule has 0 aliphatic carbocycles. The highest BCUT2D eigenvalue weighted by molar-refractivity contribution is 7.85. The molecule has 0 saturated carbocycles. The number of hydrogen-bond acceptors (Lipinski definition) is 8. The van der Waals surface area contributed by atoms with Gasteiger partial charge >= 0.3 is 12.1 Å². The van der Waals surface area contributed by atoms with Crippen molar-refractivity contribution in [1.82, 2.24) is 9.97 Å². The zero-order valence-corrected chi connectivity index (χ0v) is 19.3. The lowest BCUT2D eigenvalue weighted by molar-refractivity contribution is -0.364. The lowest BCUT2D eigenvalue weighted by atomic mass is 10.1. The molecule has 1 heterocycles. The molecule has 190 valence electrons. The Morgan fingerprint density at radius 2 is 1.76 bits per heavy atom. The Hall–Kier alpha value is -2.91. The Morgan fingerprint density at radius 3 is 2.29 bits per heavy atom. The van der Waals surface area contributed by atoms with Gasteiger partial charge in [-0.3, -0.25) is 4.31 Å². The first-order valence-electron chi connectivity index (χ1n) is 9.15. The van der Waals surface area contributed by atoms with Gasteiger partial charge < -0.3 is 14.2 Å². The zero-order valence-electron chi connectivity index (χ0n) is 18.5. The van der Waals surface area contributed by atoms with Gasteiger partial charge in [-0.25, -0.2) is 27.8 Å². The molecule has 0 aliphatic heterocycles. The monoisotopic (exact) mass is 515 g/mol. The van der Waals surface area contributed by atoms with Crippen molar-refractivity contribution in [3.63, 3.8) is 0 Å². The van der Waals surface area contributed by atoms with Crippen LogP contribution in [-0.2, 0) is 37.3 Å². The van der Waals surface area contributed by atoms with Gasteiger partial charge in [-0.2, -0.15) is 8.78 Å². The van der Waals surface area contributed by atoms with Crippen molar-refractivity contribution >= 4 is 22.8 Å². The molecule has 0 fully saturated rings. The molecule has 0 spiro atoms. The van der Waals surface area contributed by atoms with Crippen LogP contribution in [0.25, 0.3) is 0 Å². The van der Waals surface area contributed by atoms with Crippen LogP contribution in [-0.4, -0.2) is 61.6 Å². The highest BCUT2D eigenvalue weighted by Crippen LogP contribution is 2.39. The van der Waals surface area contributed by atoms with Crippen molar-refractivity contribution in [2.24, 2.45) is 0 Å². The van der Waals surface area contributed by atoms with Crippen LogP contribution in [0.15, 0.2) is 30.6 Å². The molecule has 1 aromatic heterocycles. The van der Waals surface area contributed by atoms with Gasteiger partial charge in [-0.15, -0.1) is 4.94 Å². The van der Waals surface area contributed by atoms with Gasteiger partial charge in [-0.05, 0) is 16.2 Å². The van der Waals surface area contributed by atoms with Crippen LogP contribution in [0.3, 0.4) is 0 Å². The fourth-order valence-corrected chi connectivity index (χ4v) is 3.86. The number of benzene rings is 1. The molecule has 0 radical (unpaired) electrons. The van der Waals surface area contributed by atoms with Crippen LogP contribution in [0.1, 0.15) is 21.6 Å². The molecule has 9 nitrogen and oxygen atoms in total. The third-order valence-corrected chi connectivity index (χ3v) is 5.21. The molecule has 0 aliphatic rings. The third kappa shape index (κ3) is 7.56. The van der Waals surface area contributed by atoms with Crippen LogP contribution < -0.4 is 9.04 Å². The van der Waals surface area contributed by atoms with Crippen molar-refractivity contribution in [3.05, 3.63) is 47.4 Å². The number of aromatic nitrogens is 2. The molecule has 0 amide bonds. The highest BCUT2D eigenvalue weighted by Gasteiger charge is 2.41. The lowest BCUT2D eigenvalue weighted by Gasteiger charge is -2.24. The summed E-state index contributed by atoms with van der Waals surface area (Å²) in [5.41, 5.74) is -2.00. The number of methoxy groups -OCH3 is 3. The highest BCUT2D eigenvalue weighted by atomic mass is 32.2. The van der Waals surface area contributed by atoms with E-state index in [1.54, 1.807) is 14.2 Å². The molecule has 1 aromatic carbocycles. The largest absolute Gasteiger partial charge is 0.496 e. The smallest absolute Gasteiger partial charge is 0.416 e. The maximum Gasteiger partial charge on any atom is 0.416 e. The summed E-state index contributed by atoms with van der Waals surface area (Å²) in [5.74, 6) is -2.83. The topological polar surface area (TPSA) is 100 Å². The number of carbonyl (C=O) groups excluding carboxylic acids is 1. The second-order valence-corrected chi connectivity index (χ2v) is 7.51. The number of carbonyl (C=O) groups is 1. The average molecular weight is 515 g/mol. The maximum absolute atomic E-state index is 14.0. The minimum atomic E-state index is -4.47. The molecule has 34 heavy (non-hydrogen) atoms. The van der Waals surface area contributed by atoms with Crippen molar-refractivity contribution in [3.8, 4) is 5.75 Å². The van der Waals surface area contributed by atoms with E-state index in [9.17, 15) is 31.1 Å². The summed E-state index contributed by atoms with van der Waals surface area (Å²) in [6, 6.07) is 3.41. The number of esters is 1. The van der Waals surface area contributed by atoms with Crippen molar-refractivity contribution in [1.29, 1.82) is 0 Å². The van der Waals surface area contributed by atoms with Crippen molar-refractivity contribution < 1.29 is 50.2 Å². The number of hydrogen-bond donors (Lipinski definition) is 0. The first kappa shape index (κ1) is 29.1. The van der Waals surface area contributed by atoms with E-state index in [1.165, 1.54) is 6.07 Å². The van der Waals surface area contributed by atoms with Gasteiger partial charge in [0.15, 0.2) is 11.5 Å².